The number of rotatable bonds is 3. The fourth-order valence-electron chi connectivity index (χ4n) is 2.79. The summed E-state index contributed by atoms with van der Waals surface area (Å²) in [6.07, 6.45) is 0. The molecule has 0 N–H and O–H groups in total. The van der Waals surface area contributed by atoms with Crippen LogP contribution in [-0.2, 0) is 26.4 Å². The molecule has 0 spiro atoms. The lowest BCUT2D eigenvalue weighted by Crippen LogP contribution is -2.34. The van der Waals surface area contributed by atoms with Crippen LogP contribution in [0.5, 0.6) is 0 Å². The standard InChI is InChI=1S/C16H24BrF2O3P/c1-14(2,3)12-10(9-17)7-8-11(13(12)15(4,5)6)16(18,19)23(20,21)22/h7-8H,9H2,1-6H3,(H2,20,21,22)/p-2. The maximum absolute atomic E-state index is 14.4. The van der Waals surface area contributed by atoms with E-state index in [2.05, 4.69) is 15.9 Å². The molecule has 3 nitrogen and oxygen atoms in total. The summed E-state index contributed by atoms with van der Waals surface area (Å²) in [4.78, 5) is 22.3. The summed E-state index contributed by atoms with van der Waals surface area (Å²) in [5, 5.41) is 0.445. The van der Waals surface area contributed by atoms with Crippen LogP contribution in [0.4, 0.5) is 8.78 Å². The second-order valence-electron chi connectivity index (χ2n) is 7.69. The fraction of sp³-hybridized carbons (Fsp3) is 0.625. The van der Waals surface area contributed by atoms with Gasteiger partial charge in [0.1, 0.15) is 0 Å². The summed E-state index contributed by atoms with van der Waals surface area (Å²) in [5.74, 6) is 0. The highest BCUT2D eigenvalue weighted by Gasteiger charge is 2.42. The molecule has 1 aromatic carbocycles. The lowest BCUT2D eigenvalue weighted by atomic mass is 9.71. The van der Waals surface area contributed by atoms with E-state index in [1.807, 2.05) is 20.8 Å². The van der Waals surface area contributed by atoms with Crippen molar-refractivity contribution in [3.8, 4) is 0 Å². The molecule has 0 aromatic heterocycles. The van der Waals surface area contributed by atoms with E-state index < -0.39 is 29.7 Å². The molecule has 0 amide bonds. The van der Waals surface area contributed by atoms with Crippen LogP contribution in [0, 0.1) is 0 Å². The highest BCUT2D eigenvalue weighted by atomic mass is 79.9. The third-order valence-electron chi connectivity index (χ3n) is 3.60. The van der Waals surface area contributed by atoms with Crippen molar-refractivity contribution >= 4 is 23.5 Å². The normalized spacial score (nSPS) is 14.2. The molecule has 0 unspecified atom stereocenters. The van der Waals surface area contributed by atoms with E-state index in [-0.39, 0.29) is 5.56 Å². The van der Waals surface area contributed by atoms with Crippen molar-refractivity contribution in [3.05, 3.63) is 34.4 Å². The second kappa shape index (κ2) is 6.21. The van der Waals surface area contributed by atoms with Crippen LogP contribution < -0.4 is 9.79 Å². The van der Waals surface area contributed by atoms with Gasteiger partial charge in [-0.15, -0.1) is 0 Å². The van der Waals surface area contributed by atoms with Gasteiger partial charge in [0, 0.05) is 18.5 Å². The van der Waals surface area contributed by atoms with Gasteiger partial charge < -0.3 is 14.4 Å². The number of hydrogen-bond acceptors (Lipinski definition) is 3. The predicted octanol–water partition coefficient (Wildman–Crippen LogP) is 4.14. The van der Waals surface area contributed by atoms with Crippen molar-refractivity contribution in [1.29, 1.82) is 0 Å². The molecule has 0 atom stereocenters. The van der Waals surface area contributed by atoms with Crippen molar-refractivity contribution in [1.82, 2.24) is 0 Å². The average Bonchev–Trinajstić information content (AvgIpc) is 2.33. The lowest BCUT2D eigenvalue weighted by Gasteiger charge is -2.42. The molecule has 23 heavy (non-hydrogen) atoms. The number of hydrogen-bond donors (Lipinski definition) is 0. The third kappa shape index (κ3) is 4.04. The molecule has 0 aliphatic heterocycles. The minimum absolute atomic E-state index is 0.221. The van der Waals surface area contributed by atoms with Gasteiger partial charge in [0.15, 0.2) is 0 Å². The van der Waals surface area contributed by atoms with Crippen LogP contribution in [0.3, 0.4) is 0 Å². The van der Waals surface area contributed by atoms with Gasteiger partial charge in [-0.1, -0.05) is 69.6 Å². The molecule has 1 rings (SSSR count). The van der Waals surface area contributed by atoms with E-state index in [0.717, 1.165) is 11.6 Å². The van der Waals surface area contributed by atoms with Crippen molar-refractivity contribution < 1.29 is 23.1 Å². The minimum atomic E-state index is -6.13. The molecule has 0 bridgehead atoms. The van der Waals surface area contributed by atoms with Crippen LogP contribution in [0.25, 0.3) is 0 Å². The Morgan fingerprint density at radius 2 is 1.43 bits per heavy atom. The predicted molar refractivity (Wildman–Crippen MR) is 88.0 cm³/mol. The maximum atomic E-state index is 14.4. The van der Waals surface area contributed by atoms with Crippen molar-refractivity contribution in [2.75, 3.05) is 0 Å². The Bertz CT molecular complexity index is 640. The van der Waals surface area contributed by atoms with Crippen molar-refractivity contribution in [2.24, 2.45) is 0 Å². The van der Waals surface area contributed by atoms with Crippen LogP contribution in [0.1, 0.15) is 63.8 Å². The van der Waals surface area contributed by atoms with Gasteiger partial charge in [-0.2, -0.15) is 8.78 Å². The third-order valence-corrected chi connectivity index (χ3v) is 5.14. The first-order valence-electron chi connectivity index (χ1n) is 7.18. The van der Waals surface area contributed by atoms with Gasteiger partial charge in [-0.25, -0.2) is 0 Å². The van der Waals surface area contributed by atoms with Gasteiger partial charge in [0.2, 0.25) is 0 Å². The molecule has 0 aliphatic carbocycles. The Labute approximate surface area is 144 Å². The van der Waals surface area contributed by atoms with E-state index in [4.69, 9.17) is 0 Å². The molecule has 0 radical (unpaired) electrons. The SMILES string of the molecule is CC(C)(C)c1c(CBr)ccc(C(F)(F)P(=O)([O-])[O-])c1C(C)(C)C. The Balaban J connectivity index is 4.00. The van der Waals surface area contributed by atoms with Gasteiger partial charge >= 0.3 is 0 Å². The Morgan fingerprint density at radius 1 is 1.00 bits per heavy atom. The number of alkyl halides is 3. The number of benzene rings is 1. The Kier molecular flexibility index (Phi) is 5.61. The summed E-state index contributed by atoms with van der Waals surface area (Å²) in [7, 11) is -6.13. The van der Waals surface area contributed by atoms with E-state index in [9.17, 15) is 23.1 Å². The second-order valence-corrected chi connectivity index (χ2v) is 9.81. The first kappa shape index (κ1) is 20.8. The molecule has 0 saturated heterocycles. The molecule has 7 heteroatoms. The Hall–Kier alpha value is -0.290. The monoisotopic (exact) mass is 410 g/mol. The zero-order chi connectivity index (χ0) is 18.4. The van der Waals surface area contributed by atoms with Gasteiger partial charge in [0.05, 0.1) is 0 Å². The molecule has 0 fully saturated rings. The fourth-order valence-corrected chi connectivity index (χ4v) is 3.74. The van der Waals surface area contributed by atoms with Crippen LogP contribution >= 0.6 is 23.5 Å². The summed E-state index contributed by atoms with van der Waals surface area (Å²) >= 11 is 3.35. The van der Waals surface area contributed by atoms with E-state index >= 15 is 0 Å². The quantitative estimate of drug-likeness (QED) is 0.555. The minimum Gasteiger partial charge on any atom is -0.806 e. The number of halogens is 3. The van der Waals surface area contributed by atoms with Crippen LogP contribution in [0.2, 0.25) is 0 Å². The molecule has 0 saturated carbocycles. The summed E-state index contributed by atoms with van der Waals surface area (Å²) in [6, 6.07) is 2.53. The molecule has 132 valence electrons. The largest absolute Gasteiger partial charge is 0.806 e. The first-order valence-corrected chi connectivity index (χ1v) is 9.84. The smallest absolute Gasteiger partial charge is 0.297 e. The Morgan fingerprint density at radius 3 is 1.74 bits per heavy atom. The van der Waals surface area contributed by atoms with E-state index in [1.165, 1.54) is 6.07 Å². The zero-order valence-corrected chi connectivity index (χ0v) is 16.6. The highest BCUT2D eigenvalue weighted by molar-refractivity contribution is 9.08. The van der Waals surface area contributed by atoms with Crippen LogP contribution in [-0.4, -0.2) is 0 Å². The highest BCUT2D eigenvalue weighted by Crippen LogP contribution is 2.56. The first-order chi connectivity index (χ1) is 10.0. The molecular weight excluding hydrogens is 389 g/mol. The topological polar surface area (TPSA) is 63.2 Å². The van der Waals surface area contributed by atoms with Gasteiger partial charge in [0.25, 0.3) is 5.66 Å². The zero-order valence-electron chi connectivity index (χ0n) is 14.2. The molecular formula is C16H22BrF2O3P-2. The van der Waals surface area contributed by atoms with Gasteiger partial charge in [-0.05, 0) is 27.5 Å². The van der Waals surface area contributed by atoms with Gasteiger partial charge in [-0.3, -0.25) is 0 Å². The molecule has 0 heterocycles. The van der Waals surface area contributed by atoms with E-state index in [0.29, 0.717) is 10.9 Å². The average molecular weight is 411 g/mol. The molecule has 1 aromatic rings. The summed E-state index contributed by atoms with van der Waals surface area (Å²) in [5.41, 5.74) is -4.74. The summed E-state index contributed by atoms with van der Waals surface area (Å²) in [6.45, 7) is 10.8. The maximum Gasteiger partial charge on any atom is 0.297 e. The van der Waals surface area contributed by atoms with Crippen LogP contribution in [0.15, 0.2) is 12.1 Å². The molecule has 0 aliphatic rings. The van der Waals surface area contributed by atoms with Crippen molar-refractivity contribution in [3.63, 3.8) is 0 Å². The summed E-state index contributed by atoms with van der Waals surface area (Å²) < 4.78 is 39.9. The van der Waals surface area contributed by atoms with Crippen molar-refractivity contribution in [2.45, 2.75) is 63.4 Å². The lowest BCUT2D eigenvalue weighted by molar-refractivity contribution is -0.335. The van der Waals surface area contributed by atoms with E-state index in [1.54, 1.807) is 20.8 Å².